The first-order chi connectivity index (χ1) is 2.41. The van der Waals surface area contributed by atoms with Crippen LogP contribution in [0.4, 0.5) is 0 Å². The zero-order chi connectivity index (χ0) is 4.12. The monoisotopic (exact) mass is 76.1 g/mol. The summed E-state index contributed by atoms with van der Waals surface area (Å²) in [6, 6.07) is 0. The Balaban J connectivity index is 0. The van der Waals surface area contributed by atoms with E-state index < -0.39 is 0 Å². The zero-order valence-electron chi connectivity index (χ0n) is 3.86. The molecule has 1 nitrogen and oxygen atoms in total. The number of hydrogen-bond donors (Lipinski definition) is 1. The van der Waals surface area contributed by atoms with E-state index in [1.54, 1.807) is 0 Å². The van der Waals surface area contributed by atoms with Crippen molar-refractivity contribution >= 4 is 0 Å². The standard InChI is InChI=1S/C4H5O.Li/c1-2-3-4-5;/h5H,3-4H2;/q-1;+1. The topological polar surface area (TPSA) is 20.2 Å². The van der Waals surface area contributed by atoms with E-state index in [9.17, 15) is 0 Å². The normalized spacial score (nSPS) is 5.33. The van der Waals surface area contributed by atoms with Gasteiger partial charge in [-0.2, -0.15) is 0 Å². The molecular weight excluding hydrogens is 71.0 g/mol. The predicted molar refractivity (Wildman–Crippen MR) is 18.8 cm³/mol. The zero-order valence-corrected chi connectivity index (χ0v) is 3.86. The maximum absolute atomic E-state index is 7.88. The smallest absolute Gasteiger partial charge is 0.694 e. The molecule has 6 heavy (non-hydrogen) atoms. The van der Waals surface area contributed by atoms with Crippen molar-refractivity contribution in [2.45, 2.75) is 6.42 Å². The van der Waals surface area contributed by atoms with Crippen molar-refractivity contribution in [3.8, 4) is 5.92 Å². The Bertz CT molecular complexity index is 46.0. The summed E-state index contributed by atoms with van der Waals surface area (Å²) in [4.78, 5) is 0. The maximum Gasteiger partial charge on any atom is 1.00 e. The minimum absolute atomic E-state index is 0. The molecule has 0 aromatic carbocycles. The van der Waals surface area contributed by atoms with Crippen molar-refractivity contribution < 1.29 is 24.0 Å². The van der Waals surface area contributed by atoms with Crippen LogP contribution in [0.2, 0.25) is 0 Å². The van der Waals surface area contributed by atoms with Gasteiger partial charge in [0.05, 0.1) is 6.61 Å². The molecule has 0 aliphatic heterocycles. The van der Waals surface area contributed by atoms with Gasteiger partial charge in [0.15, 0.2) is 0 Å². The molecule has 0 spiro atoms. The van der Waals surface area contributed by atoms with Gasteiger partial charge in [0, 0.05) is 0 Å². The van der Waals surface area contributed by atoms with Gasteiger partial charge in [-0.15, -0.1) is 0 Å². The molecule has 0 saturated carbocycles. The first-order valence-corrected chi connectivity index (χ1v) is 1.42. The Morgan fingerprint density at radius 3 is 2.17 bits per heavy atom. The van der Waals surface area contributed by atoms with Crippen LogP contribution in [0.15, 0.2) is 0 Å². The van der Waals surface area contributed by atoms with E-state index in [-0.39, 0.29) is 25.5 Å². The first kappa shape index (κ1) is 9.45. The summed E-state index contributed by atoms with van der Waals surface area (Å²) >= 11 is 0. The third kappa shape index (κ3) is 8.92. The second kappa shape index (κ2) is 8.93. The van der Waals surface area contributed by atoms with Gasteiger partial charge in [0.25, 0.3) is 0 Å². The van der Waals surface area contributed by atoms with E-state index in [1.165, 1.54) is 0 Å². The molecule has 0 rings (SSSR count). The largest absolute Gasteiger partial charge is 1.00 e. The van der Waals surface area contributed by atoms with Crippen LogP contribution in [-0.2, 0) is 0 Å². The van der Waals surface area contributed by atoms with Crippen molar-refractivity contribution in [3.05, 3.63) is 6.42 Å². The van der Waals surface area contributed by atoms with Gasteiger partial charge in [-0.05, 0) is 6.42 Å². The molecule has 1 N–H and O–H groups in total. The van der Waals surface area contributed by atoms with Gasteiger partial charge in [-0.3, -0.25) is 0 Å². The molecule has 0 fully saturated rings. The van der Waals surface area contributed by atoms with Crippen LogP contribution in [0.25, 0.3) is 0 Å². The van der Waals surface area contributed by atoms with Crippen molar-refractivity contribution in [3.63, 3.8) is 0 Å². The quantitative estimate of drug-likeness (QED) is 0.200. The summed E-state index contributed by atoms with van der Waals surface area (Å²) in [7, 11) is 0. The fourth-order valence-corrected chi connectivity index (χ4v) is 0.0559. The molecule has 0 unspecified atom stereocenters. The van der Waals surface area contributed by atoms with E-state index in [4.69, 9.17) is 11.5 Å². The number of hydrogen-bond acceptors (Lipinski definition) is 1. The molecule has 28 valence electrons. The molecule has 0 aromatic rings. The SMILES string of the molecule is [C-]#CCCO.[Li+]. The van der Waals surface area contributed by atoms with Gasteiger partial charge in [0.1, 0.15) is 0 Å². The molecule has 2 heteroatoms. The van der Waals surface area contributed by atoms with Crippen molar-refractivity contribution in [2.24, 2.45) is 0 Å². The maximum atomic E-state index is 7.88. The molecule has 0 aliphatic carbocycles. The van der Waals surface area contributed by atoms with Gasteiger partial charge in [-0.1, -0.05) is 0 Å². The average Bonchev–Trinajstić information content (AvgIpc) is 1.41. The predicted octanol–water partition coefficient (Wildman–Crippen LogP) is -3.04. The summed E-state index contributed by atoms with van der Waals surface area (Å²) in [5.74, 6) is 2.02. The van der Waals surface area contributed by atoms with Gasteiger partial charge in [-0.25, -0.2) is 0 Å². The fourth-order valence-electron chi connectivity index (χ4n) is 0.0559. The van der Waals surface area contributed by atoms with Gasteiger partial charge < -0.3 is 17.5 Å². The number of aliphatic hydroxyl groups is 1. The third-order valence-corrected chi connectivity index (χ3v) is 0.237. The van der Waals surface area contributed by atoms with Crippen LogP contribution in [0, 0.1) is 12.3 Å². The van der Waals surface area contributed by atoms with Crippen LogP contribution >= 0.6 is 0 Å². The Morgan fingerprint density at radius 2 is 2.17 bits per heavy atom. The van der Waals surface area contributed by atoms with E-state index in [1.807, 2.05) is 5.92 Å². The molecule has 0 saturated heterocycles. The fraction of sp³-hybridized carbons (Fsp3) is 0.500. The summed E-state index contributed by atoms with van der Waals surface area (Å²) in [6.45, 7) is 0.0451. The van der Waals surface area contributed by atoms with Crippen LogP contribution in [-0.4, -0.2) is 11.7 Å². The van der Waals surface area contributed by atoms with E-state index >= 15 is 0 Å². The summed E-state index contributed by atoms with van der Waals surface area (Å²) < 4.78 is 0. The molecule has 0 bridgehead atoms. The van der Waals surface area contributed by atoms with Crippen LogP contribution in [0.1, 0.15) is 6.42 Å². The Labute approximate surface area is 49.9 Å². The number of aliphatic hydroxyl groups excluding tert-OH is 1. The molecule has 0 aromatic heterocycles. The van der Waals surface area contributed by atoms with Crippen molar-refractivity contribution in [1.29, 1.82) is 0 Å². The van der Waals surface area contributed by atoms with Crippen molar-refractivity contribution in [2.75, 3.05) is 6.61 Å². The minimum atomic E-state index is 0. The summed E-state index contributed by atoms with van der Waals surface area (Å²) in [6.07, 6.45) is 6.55. The van der Waals surface area contributed by atoms with Crippen LogP contribution in [0.3, 0.4) is 0 Å². The Kier molecular flexibility index (Phi) is 14.1. The summed E-state index contributed by atoms with van der Waals surface area (Å²) in [5.41, 5.74) is 0. The van der Waals surface area contributed by atoms with E-state index in [0.717, 1.165) is 0 Å². The molecule has 0 heterocycles. The van der Waals surface area contributed by atoms with Crippen LogP contribution in [0.5, 0.6) is 0 Å². The minimum Gasteiger partial charge on any atom is -0.694 e. The second-order valence-corrected chi connectivity index (χ2v) is 0.650. The molecule has 0 radical (unpaired) electrons. The van der Waals surface area contributed by atoms with Gasteiger partial charge >= 0.3 is 18.9 Å². The first-order valence-electron chi connectivity index (χ1n) is 1.42. The molecular formula is C4H5LiO. The van der Waals surface area contributed by atoms with Crippen molar-refractivity contribution in [1.82, 2.24) is 0 Å². The summed E-state index contributed by atoms with van der Waals surface area (Å²) in [5, 5.41) is 7.88. The Morgan fingerprint density at radius 1 is 1.67 bits per heavy atom. The van der Waals surface area contributed by atoms with Crippen LogP contribution < -0.4 is 18.9 Å². The number of rotatable bonds is 1. The van der Waals surface area contributed by atoms with E-state index in [2.05, 4.69) is 0 Å². The molecule has 0 amide bonds. The molecule has 0 atom stereocenters. The molecule has 0 aliphatic rings. The average molecular weight is 76.0 g/mol. The second-order valence-electron chi connectivity index (χ2n) is 0.650. The Hall–Kier alpha value is 0.117. The third-order valence-electron chi connectivity index (χ3n) is 0.237. The van der Waals surface area contributed by atoms with Gasteiger partial charge in [0.2, 0.25) is 0 Å². The van der Waals surface area contributed by atoms with E-state index in [0.29, 0.717) is 6.42 Å².